The molecule has 2 rings (SSSR count). The second-order valence-corrected chi connectivity index (χ2v) is 8.34. The van der Waals surface area contributed by atoms with Gasteiger partial charge in [-0.3, -0.25) is 19.7 Å². The number of hydrogen-bond donors (Lipinski definition) is 5. The second kappa shape index (κ2) is 11.6. The van der Waals surface area contributed by atoms with Gasteiger partial charge in [0.25, 0.3) is 0 Å². The molecule has 176 valence electrons. The Morgan fingerprint density at radius 2 is 1.81 bits per heavy atom. The van der Waals surface area contributed by atoms with Gasteiger partial charge >= 0.3 is 5.97 Å². The van der Waals surface area contributed by atoms with E-state index in [9.17, 15) is 24.6 Å². The van der Waals surface area contributed by atoms with Crippen LogP contribution in [0.1, 0.15) is 45.6 Å². The fraction of sp³-hybridized carbons (Fsp3) is 0.565. The number of rotatable bonds is 9. The first kappa shape index (κ1) is 25.3. The van der Waals surface area contributed by atoms with Gasteiger partial charge in [-0.15, -0.1) is 0 Å². The van der Waals surface area contributed by atoms with Crippen molar-refractivity contribution in [2.45, 2.75) is 64.6 Å². The molecule has 0 spiro atoms. The molecule has 1 aliphatic carbocycles. The molecule has 9 heteroatoms. The zero-order valence-corrected chi connectivity index (χ0v) is 18.8. The molecule has 0 saturated heterocycles. The van der Waals surface area contributed by atoms with Crippen molar-refractivity contribution in [3.63, 3.8) is 0 Å². The number of carbonyl (C=O) groups is 3. The van der Waals surface area contributed by atoms with Crippen molar-refractivity contribution in [3.05, 3.63) is 35.9 Å². The number of aliphatic hydroxyl groups excluding tert-OH is 1. The Balaban J connectivity index is 2.26. The quantitative estimate of drug-likeness (QED) is 0.282. The van der Waals surface area contributed by atoms with Crippen molar-refractivity contribution in [1.29, 1.82) is 0 Å². The Morgan fingerprint density at radius 3 is 2.34 bits per heavy atom. The molecule has 1 aromatic rings. The number of guanidine groups is 1. The first-order valence-corrected chi connectivity index (χ1v) is 11.0. The summed E-state index contributed by atoms with van der Waals surface area (Å²) in [5.74, 6) is -3.52. The number of nitrogens with zero attached hydrogens (tertiary/aromatic N) is 1. The summed E-state index contributed by atoms with van der Waals surface area (Å²) in [4.78, 5) is 40.3. The Bertz CT molecular complexity index is 825. The number of benzene rings is 1. The summed E-state index contributed by atoms with van der Waals surface area (Å²) in [5, 5.41) is 25.9. The molecule has 0 aliphatic heterocycles. The van der Waals surface area contributed by atoms with Crippen LogP contribution in [0.3, 0.4) is 0 Å². The molecule has 9 nitrogen and oxygen atoms in total. The van der Waals surface area contributed by atoms with Crippen molar-refractivity contribution in [2.75, 3.05) is 0 Å². The van der Waals surface area contributed by atoms with Gasteiger partial charge in [0, 0.05) is 18.9 Å². The number of carboxylic acids is 1. The van der Waals surface area contributed by atoms with Crippen LogP contribution in [0.5, 0.6) is 0 Å². The summed E-state index contributed by atoms with van der Waals surface area (Å²) in [5.41, 5.74) is 6.80. The maximum atomic E-state index is 12.3. The molecule has 1 unspecified atom stereocenters. The van der Waals surface area contributed by atoms with Gasteiger partial charge < -0.3 is 21.3 Å². The van der Waals surface area contributed by atoms with E-state index in [1.54, 1.807) is 0 Å². The van der Waals surface area contributed by atoms with E-state index in [1.165, 1.54) is 6.92 Å². The van der Waals surface area contributed by atoms with Crippen LogP contribution >= 0.6 is 0 Å². The van der Waals surface area contributed by atoms with Crippen LogP contribution in [0, 0.1) is 17.8 Å². The van der Waals surface area contributed by atoms with Crippen LogP contribution in [-0.4, -0.2) is 52.1 Å². The van der Waals surface area contributed by atoms with Gasteiger partial charge in [-0.05, 0) is 17.9 Å². The number of hydrogen-bond acceptors (Lipinski definition) is 5. The lowest BCUT2D eigenvalue weighted by atomic mass is 9.80. The van der Waals surface area contributed by atoms with E-state index in [0.29, 0.717) is 0 Å². The van der Waals surface area contributed by atoms with E-state index < -0.39 is 36.0 Å². The minimum atomic E-state index is -1.20. The van der Waals surface area contributed by atoms with Crippen molar-refractivity contribution in [1.82, 2.24) is 10.6 Å². The van der Waals surface area contributed by atoms with E-state index in [4.69, 9.17) is 5.73 Å². The summed E-state index contributed by atoms with van der Waals surface area (Å²) >= 11 is 0. The maximum Gasteiger partial charge on any atom is 0.309 e. The van der Waals surface area contributed by atoms with E-state index in [1.807, 2.05) is 44.2 Å². The third-order valence-electron chi connectivity index (χ3n) is 6.18. The molecular weight excluding hydrogens is 412 g/mol. The Hall–Kier alpha value is -2.94. The van der Waals surface area contributed by atoms with E-state index in [2.05, 4.69) is 15.6 Å². The number of amides is 2. The minimum absolute atomic E-state index is 0.0256. The van der Waals surface area contributed by atoms with Crippen molar-refractivity contribution in [2.24, 2.45) is 28.5 Å². The van der Waals surface area contributed by atoms with Gasteiger partial charge in [-0.25, -0.2) is 4.99 Å². The Morgan fingerprint density at radius 1 is 1.19 bits per heavy atom. The highest BCUT2D eigenvalue weighted by Crippen LogP contribution is 2.39. The Kier molecular flexibility index (Phi) is 9.19. The lowest BCUT2D eigenvalue weighted by molar-refractivity contribution is -0.145. The van der Waals surface area contributed by atoms with Gasteiger partial charge in [0.15, 0.2) is 5.96 Å². The molecule has 6 N–H and O–H groups in total. The molecule has 0 bridgehead atoms. The van der Waals surface area contributed by atoms with E-state index in [0.717, 1.165) is 18.4 Å². The van der Waals surface area contributed by atoms with Crippen LogP contribution in [0.25, 0.3) is 0 Å². The summed E-state index contributed by atoms with van der Waals surface area (Å²) in [6.07, 6.45) is 0.455. The van der Waals surface area contributed by atoms with Gasteiger partial charge in [0.2, 0.25) is 11.8 Å². The molecule has 0 aromatic heterocycles. The van der Waals surface area contributed by atoms with Crippen LogP contribution in [0.15, 0.2) is 35.3 Å². The lowest BCUT2D eigenvalue weighted by Crippen LogP contribution is -2.51. The zero-order valence-electron chi connectivity index (χ0n) is 18.8. The molecule has 2 amide bonds. The molecule has 1 aliphatic rings. The molecule has 1 fully saturated rings. The average Bonchev–Trinajstić information content (AvgIpc) is 3.04. The van der Waals surface area contributed by atoms with Gasteiger partial charge in [0.1, 0.15) is 0 Å². The number of nitrogens with one attached hydrogen (secondary N) is 2. The number of nitrogens with two attached hydrogens (primary N) is 1. The molecule has 5 atom stereocenters. The lowest BCUT2D eigenvalue weighted by Gasteiger charge is -2.35. The monoisotopic (exact) mass is 446 g/mol. The van der Waals surface area contributed by atoms with Crippen molar-refractivity contribution < 1.29 is 24.6 Å². The fourth-order valence-electron chi connectivity index (χ4n) is 4.63. The van der Waals surface area contributed by atoms with Gasteiger partial charge in [-0.1, -0.05) is 57.0 Å². The first-order chi connectivity index (χ1) is 15.2. The third-order valence-corrected chi connectivity index (χ3v) is 6.18. The standard InChI is InChI=1S/C23H34N4O5/c1-4-15(5-2)20(25-13(3)28)19-17(12-16(21(19)30)22(31)32)26-23(24)27-18(29)11-14-9-7-6-8-10-14/h6-10,15-17,19-21,30H,4-5,11-12H2,1-3H3,(H,25,28)(H,31,32)(H3,24,26,27,29)/t16-,17+,19+,20?,21+/m0/s1. The van der Waals surface area contributed by atoms with Crippen LogP contribution in [0.4, 0.5) is 0 Å². The predicted molar refractivity (Wildman–Crippen MR) is 121 cm³/mol. The van der Waals surface area contributed by atoms with Crippen LogP contribution in [-0.2, 0) is 20.8 Å². The average molecular weight is 447 g/mol. The molecule has 0 radical (unpaired) electrons. The topological polar surface area (TPSA) is 154 Å². The smallest absolute Gasteiger partial charge is 0.309 e. The molecule has 1 aromatic carbocycles. The summed E-state index contributed by atoms with van der Waals surface area (Å²) < 4.78 is 0. The minimum Gasteiger partial charge on any atom is -0.481 e. The van der Waals surface area contributed by atoms with Crippen LogP contribution in [0.2, 0.25) is 0 Å². The van der Waals surface area contributed by atoms with E-state index in [-0.39, 0.29) is 36.5 Å². The normalized spacial score (nSPS) is 24.2. The largest absolute Gasteiger partial charge is 0.481 e. The highest BCUT2D eigenvalue weighted by molar-refractivity contribution is 5.97. The van der Waals surface area contributed by atoms with Gasteiger partial charge in [0.05, 0.1) is 24.5 Å². The van der Waals surface area contributed by atoms with Crippen molar-refractivity contribution >= 4 is 23.7 Å². The van der Waals surface area contributed by atoms with E-state index >= 15 is 0 Å². The molecule has 32 heavy (non-hydrogen) atoms. The molecule has 1 saturated carbocycles. The third kappa shape index (κ3) is 6.53. The predicted octanol–water partition coefficient (Wildman–Crippen LogP) is 1.05. The molecular formula is C23H34N4O5. The fourth-order valence-corrected chi connectivity index (χ4v) is 4.63. The Labute approximate surface area is 188 Å². The maximum absolute atomic E-state index is 12.3. The van der Waals surface area contributed by atoms with Crippen molar-refractivity contribution in [3.8, 4) is 0 Å². The summed E-state index contributed by atoms with van der Waals surface area (Å²) in [6, 6.07) is 8.02. The highest BCUT2D eigenvalue weighted by Gasteiger charge is 2.50. The zero-order chi connectivity index (χ0) is 23.8. The number of carbonyl (C=O) groups excluding carboxylic acids is 2. The summed E-state index contributed by atoms with van der Waals surface area (Å²) in [6.45, 7) is 5.35. The number of aliphatic imine (C=N–C) groups is 1. The SMILES string of the molecule is CCC(CC)C(NC(C)=O)[C@@H]1[C@H](O)[C@@H](C(=O)O)C[C@H]1N=C(N)NC(=O)Cc1ccccc1. The molecule has 0 heterocycles. The first-order valence-electron chi connectivity index (χ1n) is 11.0. The van der Waals surface area contributed by atoms with Gasteiger partial charge in [-0.2, -0.15) is 0 Å². The summed E-state index contributed by atoms with van der Waals surface area (Å²) in [7, 11) is 0. The second-order valence-electron chi connectivity index (χ2n) is 8.34. The number of carboxylic acid groups (broad SMARTS) is 1. The van der Waals surface area contributed by atoms with Crippen LogP contribution < -0.4 is 16.4 Å². The highest BCUT2D eigenvalue weighted by atomic mass is 16.4. The number of aliphatic carboxylic acids is 1. The number of aliphatic hydroxyl groups is 1.